The lowest BCUT2D eigenvalue weighted by molar-refractivity contribution is 0.0927. The molecular formula is C13H17ClN2O2. The lowest BCUT2D eigenvalue weighted by Gasteiger charge is -2.38. The number of hydrogen-bond donors (Lipinski definition) is 2. The summed E-state index contributed by atoms with van der Waals surface area (Å²) >= 11 is 5.85. The first-order valence-electron chi connectivity index (χ1n) is 5.95. The fourth-order valence-corrected chi connectivity index (χ4v) is 2.17. The number of nitrogens with one attached hydrogen (secondary N) is 1. The number of rotatable bonds is 4. The van der Waals surface area contributed by atoms with Crippen molar-refractivity contribution in [3.05, 3.63) is 28.8 Å². The van der Waals surface area contributed by atoms with Crippen LogP contribution >= 0.6 is 11.6 Å². The van der Waals surface area contributed by atoms with E-state index in [1.165, 1.54) is 7.11 Å². The largest absolute Gasteiger partial charge is 0.496 e. The number of methoxy groups -OCH3 is 1. The van der Waals surface area contributed by atoms with Gasteiger partial charge in [0.1, 0.15) is 5.75 Å². The van der Waals surface area contributed by atoms with E-state index < -0.39 is 0 Å². The molecule has 18 heavy (non-hydrogen) atoms. The van der Waals surface area contributed by atoms with Crippen molar-refractivity contribution < 1.29 is 9.53 Å². The monoisotopic (exact) mass is 268 g/mol. The predicted octanol–water partition coefficient (Wildman–Crippen LogP) is 1.96. The van der Waals surface area contributed by atoms with Crippen LogP contribution in [0, 0.1) is 0 Å². The Hall–Kier alpha value is -1.26. The van der Waals surface area contributed by atoms with Crippen LogP contribution in [0.15, 0.2) is 18.2 Å². The van der Waals surface area contributed by atoms with Crippen molar-refractivity contribution in [2.45, 2.75) is 24.8 Å². The van der Waals surface area contributed by atoms with Crippen LogP contribution in [0.5, 0.6) is 5.75 Å². The summed E-state index contributed by atoms with van der Waals surface area (Å²) in [6.45, 7) is 0.498. The van der Waals surface area contributed by atoms with Crippen molar-refractivity contribution in [2.75, 3.05) is 13.7 Å². The second-order valence-corrected chi connectivity index (χ2v) is 5.18. The summed E-state index contributed by atoms with van der Waals surface area (Å²) < 4.78 is 5.14. The van der Waals surface area contributed by atoms with Gasteiger partial charge in [-0.1, -0.05) is 11.6 Å². The minimum atomic E-state index is -0.227. The molecule has 4 nitrogen and oxygen atoms in total. The molecule has 0 saturated heterocycles. The number of carbonyl (C=O) groups is 1. The highest BCUT2D eigenvalue weighted by atomic mass is 35.5. The molecule has 0 aromatic heterocycles. The molecule has 3 N–H and O–H groups in total. The summed E-state index contributed by atoms with van der Waals surface area (Å²) in [4.78, 5) is 12.0. The number of benzene rings is 1. The van der Waals surface area contributed by atoms with Crippen LogP contribution < -0.4 is 15.8 Å². The van der Waals surface area contributed by atoms with E-state index in [9.17, 15) is 4.79 Å². The summed E-state index contributed by atoms with van der Waals surface area (Å²) in [5, 5.41) is 3.39. The smallest absolute Gasteiger partial charge is 0.255 e. The third-order valence-corrected chi connectivity index (χ3v) is 3.59. The molecule has 1 amide bonds. The summed E-state index contributed by atoms with van der Waals surface area (Å²) in [6.07, 6.45) is 3.06. The van der Waals surface area contributed by atoms with Crippen LogP contribution in [-0.2, 0) is 0 Å². The highest BCUT2D eigenvalue weighted by molar-refractivity contribution is 6.30. The number of carbonyl (C=O) groups excluding carboxylic acids is 1. The van der Waals surface area contributed by atoms with Crippen LogP contribution in [0.3, 0.4) is 0 Å². The normalized spacial score (nSPS) is 16.8. The molecule has 1 saturated carbocycles. The van der Waals surface area contributed by atoms with Gasteiger partial charge >= 0.3 is 0 Å². The topological polar surface area (TPSA) is 64.3 Å². The molecule has 2 rings (SSSR count). The fourth-order valence-electron chi connectivity index (χ4n) is 2.01. The molecule has 1 aromatic rings. The molecule has 1 aromatic carbocycles. The Labute approximate surface area is 111 Å². The standard InChI is InChI=1S/C13H17ClN2O2/c1-18-11-7-9(14)3-4-10(11)12(17)16-8-13(15)5-2-6-13/h3-4,7H,2,5-6,8,15H2,1H3,(H,16,17). The molecule has 0 atom stereocenters. The van der Waals surface area contributed by atoms with Crippen LogP contribution in [0.25, 0.3) is 0 Å². The summed E-state index contributed by atoms with van der Waals surface area (Å²) in [6, 6.07) is 4.94. The van der Waals surface area contributed by atoms with E-state index in [0.717, 1.165) is 19.3 Å². The molecule has 98 valence electrons. The van der Waals surface area contributed by atoms with Gasteiger partial charge in [0.2, 0.25) is 0 Å². The van der Waals surface area contributed by atoms with Gasteiger partial charge in [-0.15, -0.1) is 0 Å². The average Bonchev–Trinajstić information content (AvgIpc) is 2.33. The van der Waals surface area contributed by atoms with Crippen LogP contribution in [0.2, 0.25) is 5.02 Å². The lowest BCUT2D eigenvalue weighted by Crippen LogP contribution is -2.54. The molecule has 0 spiro atoms. The van der Waals surface area contributed by atoms with E-state index in [4.69, 9.17) is 22.1 Å². The van der Waals surface area contributed by atoms with Crippen molar-refractivity contribution in [2.24, 2.45) is 5.73 Å². The second kappa shape index (κ2) is 5.16. The number of halogens is 1. The maximum Gasteiger partial charge on any atom is 0.255 e. The molecule has 0 unspecified atom stereocenters. The number of hydrogen-bond acceptors (Lipinski definition) is 3. The fraction of sp³-hybridized carbons (Fsp3) is 0.462. The first-order chi connectivity index (χ1) is 8.54. The van der Waals surface area contributed by atoms with E-state index in [1.54, 1.807) is 18.2 Å². The van der Waals surface area contributed by atoms with Crippen LogP contribution in [0.1, 0.15) is 29.6 Å². The Bertz CT molecular complexity index is 458. The maximum atomic E-state index is 12.0. The van der Waals surface area contributed by atoms with Gasteiger partial charge in [0, 0.05) is 17.1 Å². The minimum Gasteiger partial charge on any atom is -0.496 e. The molecule has 0 heterocycles. The first-order valence-corrected chi connectivity index (χ1v) is 6.32. The number of ether oxygens (including phenoxy) is 1. The third kappa shape index (κ3) is 2.76. The van der Waals surface area contributed by atoms with Crippen molar-refractivity contribution in [1.82, 2.24) is 5.32 Å². The molecule has 0 radical (unpaired) electrons. The molecule has 1 fully saturated rings. The second-order valence-electron chi connectivity index (χ2n) is 4.74. The van der Waals surface area contributed by atoms with Crippen molar-refractivity contribution in [3.8, 4) is 5.75 Å². The maximum absolute atomic E-state index is 12.0. The van der Waals surface area contributed by atoms with E-state index >= 15 is 0 Å². The van der Waals surface area contributed by atoms with Gasteiger partial charge in [0.15, 0.2) is 0 Å². The average molecular weight is 269 g/mol. The minimum absolute atomic E-state index is 0.180. The van der Waals surface area contributed by atoms with Crippen molar-refractivity contribution in [1.29, 1.82) is 0 Å². The summed E-state index contributed by atoms with van der Waals surface area (Å²) in [5.74, 6) is 0.292. The molecule has 5 heteroatoms. The van der Waals surface area contributed by atoms with E-state index in [-0.39, 0.29) is 11.4 Å². The van der Waals surface area contributed by atoms with Crippen molar-refractivity contribution >= 4 is 17.5 Å². The Balaban J connectivity index is 2.04. The third-order valence-electron chi connectivity index (χ3n) is 3.36. The summed E-state index contributed by atoms with van der Waals surface area (Å²) in [5.41, 5.74) is 6.31. The van der Waals surface area contributed by atoms with Gasteiger partial charge in [-0.2, -0.15) is 0 Å². The first kappa shape index (κ1) is 13.2. The van der Waals surface area contributed by atoms with Gasteiger partial charge in [-0.3, -0.25) is 4.79 Å². The SMILES string of the molecule is COc1cc(Cl)ccc1C(=O)NCC1(N)CCC1. The molecular weight excluding hydrogens is 252 g/mol. The number of nitrogens with two attached hydrogens (primary N) is 1. The van der Waals surface area contributed by atoms with E-state index in [2.05, 4.69) is 5.32 Å². The highest BCUT2D eigenvalue weighted by Crippen LogP contribution is 2.28. The van der Waals surface area contributed by atoms with Gasteiger partial charge in [0.05, 0.1) is 12.7 Å². The quantitative estimate of drug-likeness (QED) is 0.877. The van der Waals surface area contributed by atoms with Crippen molar-refractivity contribution in [3.63, 3.8) is 0 Å². The van der Waals surface area contributed by atoms with Gasteiger partial charge in [0.25, 0.3) is 5.91 Å². The Morgan fingerprint density at radius 2 is 2.28 bits per heavy atom. The number of amides is 1. The molecule has 1 aliphatic rings. The van der Waals surface area contributed by atoms with Gasteiger partial charge in [-0.05, 0) is 37.5 Å². The van der Waals surface area contributed by atoms with Crippen LogP contribution in [-0.4, -0.2) is 25.1 Å². The highest BCUT2D eigenvalue weighted by Gasteiger charge is 2.32. The molecule has 1 aliphatic carbocycles. The van der Waals surface area contributed by atoms with Gasteiger partial charge < -0.3 is 15.8 Å². The molecule has 0 bridgehead atoms. The zero-order valence-electron chi connectivity index (χ0n) is 10.3. The Morgan fingerprint density at radius 1 is 1.56 bits per heavy atom. The van der Waals surface area contributed by atoms with E-state index in [0.29, 0.717) is 22.9 Å². The van der Waals surface area contributed by atoms with Gasteiger partial charge in [-0.25, -0.2) is 0 Å². The Morgan fingerprint density at radius 3 is 2.83 bits per heavy atom. The molecule has 0 aliphatic heterocycles. The lowest BCUT2D eigenvalue weighted by atomic mass is 9.78. The van der Waals surface area contributed by atoms with Crippen LogP contribution in [0.4, 0.5) is 0 Å². The predicted molar refractivity (Wildman–Crippen MR) is 71.1 cm³/mol. The van der Waals surface area contributed by atoms with E-state index in [1.807, 2.05) is 0 Å². The zero-order valence-corrected chi connectivity index (χ0v) is 11.1. The summed E-state index contributed by atoms with van der Waals surface area (Å²) in [7, 11) is 1.51. The Kier molecular flexibility index (Phi) is 3.78. The zero-order chi connectivity index (χ0) is 13.2.